The maximum atomic E-state index is 13.1. The van der Waals surface area contributed by atoms with Gasteiger partial charge in [0.15, 0.2) is 5.82 Å². The number of benzene rings is 3. The number of nitrogens with one attached hydrogen (secondary N) is 1. The molecule has 4 rings (SSSR count). The maximum Gasteiger partial charge on any atom is 0.216 e. The Labute approximate surface area is 188 Å². The molecule has 0 aliphatic carbocycles. The molecule has 1 N–H and O–H groups in total. The zero-order valence-electron chi connectivity index (χ0n) is 16.3. The molecule has 1 aromatic heterocycles. The number of aromatic nitrogens is 3. The first-order chi connectivity index (χ1) is 15.1. The van der Waals surface area contributed by atoms with Crippen LogP contribution < -0.4 is 4.74 Å². The van der Waals surface area contributed by atoms with E-state index >= 15 is 0 Å². The van der Waals surface area contributed by atoms with Crippen LogP contribution in [0.1, 0.15) is 22.5 Å². The molecule has 3 aromatic carbocycles. The van der Waals surface area contributed by atoms with Gasteiger partial charge in [0.2, 0.25) is 4.77 Å². The Kier molecular flexibility index (Phi) is 6.54. The number of hydrogen-bond acceptors (Lipinski definition) is 4. The molecule has 0 radical (unpaired) electrons. The number of rotatable bonds is 7. The zero-order valence-corrected chi connectivity index (χ0v) is 17.9. The molecule has 156 valence electrons. The van der Waals surface area contributed by atoms with Gasteiger partial charge in [0.05, 0.1) is 11.2 Å². The molecule has 8 heteroatoms. The van der Waals surface area contributed by atoms with Crippen LogP contribution in [-0.2, 0) is 13.0 Å². The molecule has 5 nitrogen and oxygen atoms in total. The minimum Gasteiger partial charge on any atom is -0.487 e. The molecule has 0 spiro atoms. The molecule has 0 aliphatic heterocycles. The maximum absolute atomic E-state index is 13.1. The number of nitrogens with zero attached hydrogens (tertiary/aromatic N) is 3. The number of hydrogen-bond donors (Lipinski definition) is 1. The van der Waals surface area contributed by atoms with Crippen LogP contribution in [-0.4, -0.2) is 21.1 Å². The normalized spacial score (nSPS) is 11.2. The number of halogens is 2. The van der Waals surface area contributed by atoms with E-state index in [1.165, 1.54) is 16.8 Å². The molecule has 0 unspecified atom stereocenters. The average Bonchev–Trinajstić information content (AvgIpc) is 3.13. The first kappa shape index (κ1) is 21.0. The molecule has 0 atom stereocenters. The standard InChI is InChI=1S/C23H18ClFN4OS/c24-20-12-18(8-11-21(20)30-15-17-4-2-1-3-5-17)14-26-29-22(27-28-23(29)31)13-16-6-9-19(25)10-7-16/h1-12,14H,13,15H2,(H,28,31)/b26-14-. The molecule has 0 aliphatic rings. The van der Waals surface area contributed by atoms with Crippen LogP contribution in [0.25, 0.3) is 0 Å². The fraction of sp³-hybridized carbons (Fsp3) is 0.0870. The lowest BCUT2D eigenvalue weighted by atomic mass is 10.1. The van der Waals surface area contributed by atoms with Crippen LogP contribution in [0.15, 0.2) is 77.9 Å². The summed E-state index contributed by atoms with van der Waals surface area (Å²) in [7, 11) is 0. The van der Waals surface area contributed by atoms with Gasteiger partial charge in [-0.15, -0.1) is 0 Å². The lowest BCUT2D eigenvalue weighted by Gasteiger charge is -2.08. The van der Waals surface area contributed by atoms with Crippen LogP contribution in [0.5, 0.6) is 5.75 Å². The Morgan fingerprint density at radius 2 is 1.84 bits per heavy atom. The van der Waals surface area contributed by atoms with Crippen molar-refractivity contribution in [2.75, 3.05) is 0 Å². The van der Waals surface area contributed by atoms with Crippen molar-refractivity contribution < 1.29 is 9.13 Å². The summed E-state index contributed by atoms with van der Waals surface area (Å²) in [6.07, 6.45) is 2.10. The van der Waals surface area contributed by atoms with E-state index in [0.717, 1.165) is 16.7 Å². The SMILES string of the molecule is Fc1ccc(Cc2n[nH]c(=S)n2/N=C\c2ccc(OCc3ccccc3)c(Cl)c2)cc1. The van der Waals surface area contributed by atoms with Gasteiger partial charge in [-0.25, -0.2) is 4.39 Å². The predicted octanol–water partition coefficient (Wildman–Crippen LogP) is 5.79. The summed E-state index contributed by atoms with van der Waals surface area (Å²) in [6.45, 7) is 0.435. The van der Waals surface area contributed by atoms with Crippen molar-refractivity contribution in [3.8, 4) is 5.75 Å². The molecule has 1 heterocycles. The second-order valence-electron chi connectivity index (χ2n) is 6.77. The molecular formula is C23H18ClFN4OS. The molecule has 31 heavy (non-hydrogen) atoms. The lowest BCUT2D eigenvalue weighted by molar-refractivity contribution is 0.306. The first-order valence-corrected chi connectivity index (χ1v) is 10.3. The van der Waals surface area contributed by atoms with Gasteiger partial charge in [0, 0.05) is 6.42 Å². The van der Waals surface area contributed by atoms with Gasteiger partial charge >= 0.3 is 0 Å². The molecule has 0 saturated heterocycles. The van der Waals surface area contributed by atoms with E-state index in [4.69, 9.17) is 28.6 Å². The Hall–Kier alpha value is -3.29. The second-order valence-corrected chi connectivity index (χ2v) is 7.56. The van der Waals surface area contributed by atoms with Crippen molar-refractivity contribution in [2.24, 2.45) is 5.10 Å². The molecular weight excluding hydrogens is 435 g/mol. The number of ether oxygens (including phenoxy) is 1. The monoisotopic (exact) mass is 452 g/mol. The summed E-state index contributed by atoms with van der Waals surface area (Å²) in [5.74, 6) is 0.926. The molecule has 0 amide bonds. The van der Waals surface area contributed by atoms with E-state index in [0.29, 0.717) is 34.4 Å². The average molecular weight is 453 g/mol. The van der Waals surface area contributed by atoms with Crippen LogP contribution in [0.3, 0.4) is 0 Å². The third kappa shape index (κ3) is 5.45. The smallest absolute Gasteiger partial charge is 0.216 e. The quantitative estimate of drug-likeness (QED) is 0.285. The fourth-order valence-corrected chi connectivity index (χ4v) is 3.36. The van der Waals surface area contributed by atoms with Crippen LogP contribution in [0, 0.1) is 10.6 Å². The van der Waals surface area contributed by atoms with Gasteiger partial charge in [0.1, 0.15) is 18.2 Å². The highest BCUT2D eigenvalue weighted by atomic mass is 35.5. The summed E-state index contributed by atoms with van der Waals surface area (Å²) in [5, 5.41) is 11.9. The van der Waals surface area contributed by atoms with Crippen molar-refractivity contribution in [1.29, 1.82) is 0 Å². The third-order valence-corrected chi connectivity index (χ3v) is 5.07. The second kappa shape index (κ2) is 9.68. The van der Waals surface area contributed by atoms with Gasteiger partial charge in [-0.2, -0.15) is 14.9 Å². The first-order valence-electron chi connectivity index (χ1n) is 9.50. The van der Waals surface area contributed by atoms with E-state index in [1.54, 1.807) is 30.5 Å². The topological polar surface area (TPSA) is 55.2 Å². The molecule has 0 saturated carbocycles. The van der Waals surface area contributed by atoms with Crippen molar-refractivity contribution >= 4 is 30.0 Å². The van der Waals surface area contributed by atoms with Gasteiger partial charge in [-0.05, 0) is 59.2 Å². The van der Waals surface area contributed by atoms with Gasteiger partial charge in [0.25, 0.3) is 0 Å². The highest BCUT2D eigenvalue weighted by molar-refractivity contribution is 7.71. The molecule has 0 fully saturated rings. The van der Waals surface area contributed by atoms with Crippen LogP contribution in [0.4, 0.5) is 4.39 Å². The Balaban J connectivity index is 1.47. The number of aromatic amines is 1. The van der Waals surface area contributed by atoms with Gasteiger partial charge < -0.3 is 4.74 Å². The van der Waals surface area contributed by atoms with Crippen molar-refractivity contribution in [1.82, 2.24) is 14.9 Å². The summed E-state index contributed by atoms with van der Waals surface area (Å²) in [6, 6.07) is 21.5. The predicted molar refractivity (Wildman–Crippen MR) is 122 cm³/mol. The van der Waals surface area contributed by atoms with E-state index in [1.807, 2.05) is 36.4 Å². The summed E-state index contributed by atoms with van der Waals surface area (Å²) < 4.78 is 20.8. The van der Waals surface area contributed by atoms with Crippen molar-refractivity contribution in [2.45, 2.75) is 13.0 Å². The van der Waals surface area contributed by atoms with Crippen molar-refractivity contribution in [3.05, 3.63) is 111 Å². The lowest BCUT2D eigenvalue weighted by Crippen LogP contribution is -2.01. The van der Waals surface area contributed by atoms with E-state index in [2.05, 4.69) is 15.3 Å². The van der Waals surface area contributed by atoms with E-state index < -0.39 is 0 Å². The highest BCUT2D eigenvalue weighted by Gasteiger charge is 2.07. The Bertz CT molecular complexity index is 1250. The summed E-state index contributed by atoms with van der Waals surface area (Å²) >= 11 is 11.7. The van der Waals surface area contributed by atoms with E-state index in [-0.39, 0.29) is 5.82 Å². The molecule has 0 bridgehead atoms. The van der Waals surface area contributed by atoms with Gasteiger partial charge in [-0.3, -0.25) is 5.10 Å². The third-order valence-electron chi connectivity index (χ3n) is 4.51. The van der Waals surface area contributed by atoms with Crippen LogP contribution >= 0.6 is 23.8 Å². The Morgan fingerprint density at radius 3 is 2.58 bits per heavy atom. The van der Waals surface area contributed by atoms with E-state index in [9.17, 15) is 4.39 Å². The summed E-state index contributed by atoms with van der Waals surface area (Å²) in [4.78, 5) is 0. The zero-order chi connectivity index (χ0) is 21.6. The minimum atomic E-state index is -0.284. The Morgan fingerprint density at radius 1 is 1.06 bits per heavy atom. The summed E-state index contributed by atoms with van der Waals surface area (Å²) in [5.41, 5.74) is 2.75. The molecule has 4 aromatic rings. The largest absolute Gasteiger partial charge is 0.487 e. The van der Waals surface area contributed by atoms with Crippen LogP contribution in [0.2, 0.25) is 5.02 Å². The van der Waals surface area contributed by atoms with Crippen molar-refractivity contribution in [3.63, 3.8) is 0 Å². The number of H-pyrrole nitrogens is 1. The fourth-order valence-electron chi connectivity index (χ4n) is 2.92. The van der Waals surface area contributed by atoms with Gasteiger partial charge in [-0.1, -0.05) is 54.1 Å². The highest BCUT2D eigenvalue weighted by Crippen LogP contribution is 2.26. The minimum absolute atomic E-state index is 0.284.